The standard InChI is InChI=1S/C16H21F3N2O/c1-21(12-15(20)22)11-7-3-2-4-8-13-9-5-6-10-14(13)16(17,18)19/h3,5-7,9-10H,2,4,8,11-12H2,1H3,(H2,20,22)/b7-3+. The van der Waals surface area contributed by atoms with Gasteiger partial charge in [0.15, 0.2) is 0 Å². The molecule has 0 heterocycles. The molecule has 0 aliphatic heterocycles. The molecule has 3 nitrogen and oxygen atoms in total. The molecule has 0 radical (unpaired) electrons. The van der Waals surface area contributed by atoms with E-state index < -0.39 is 11.7 Å². The number of benzene rings is 1. The fourth-order valence-corrected chi connectivity index (χ4v) is 2.13. The summed E-state index contributed by atoms with van der Waals surface area (Å²) in [6.07, 6.45) is 1.22. The van der Waals surface area contributed by atoms with Crippen molar-refractivity contribution in [2.45, 2.75) is 25.4 Å². The van der Waals surface area contributed by atoms with Gasteiger partial charge in [-0.3, -0.25) is 9.69 Å². The maximum atomic E-state index is 12.8. The molecule has 1 rings (SSSR count). The highest BCUT2D eigenvalue weighted by Gasteiger charge is 2.32. The van der Waals surface area contributed by atoms with Gasteiger partial charge in [-0.05, 0) is 37.9 Å². The molecule has 0 unspecified atom stereocenters. The lowest BCUT2D eigenvalue weighted by Crippen LogP contribution is -2.30. The zero-order valence-electron chi connectivity index (χ0n) is 12.6. The topological polar surface area (TPSA) is 46.3 Å². The molecule has 1 amide bonds. The number of alkyl halides is 3. The molecule has 0 spiro atoms. The summed E-state index contributed by atoms with van der Waals surface area (Å²) < 4.78 is 38.4. The molecule has 122 valence electrons. The van der Waals surface area contributed by atoms with Crippen LogP contribution in [0.5, 0.6) is 0 Å². The number of hydrogen-bond donors (Lipinski definition) is 1. The molecule has 6 heteroatoms. The number of carbonyl (C=O) groups excluding carboxylic acids is 1. The van der Waals surface area contributed by atoms with E-state index in [1.165, 1.54) is 12.1 Å². The van der Waals surface area contributed by atoms with E-state index in [1.54, 1.807) is 18.0 Å². The molecular formula is C16H21F3N2O. The molecule has 1 aromatic rings. The number of hydrogen-bond acceptors (Lipinski definition) is 2. The SMILES string of the molecule is CN(C/C=C/CCCc1ccccc1C(F)(F)F)CC(N)=O. The van der Waals surface area contributed by atoms with E-state index >= 15 is 0 Å². The molecule has 0 aliphatic carbocycles. The van der Waals surface area contributed by atoms with Crippen molar-refractivity contribution in [2.24, 2.45) is 5.73 Å². The summed E-state index contributed by atoms with van der Waals surface area (Å²) in [6, 6.07) is 5.66. The van der Waals surface area contributed by atoms with E-state index in [9.17, 15) is 18.0 Å². The van der Waals surface area contributed by atoms with Crippen LogP contribution in [0.25, 0.3) is 0 Å². The van der Waals surface area contributed by atoms with Gasteiger partial charge < -0.3 is 5.73 Å². The highest BCUT2D eigenvalue weighted by Crippen LogP contribution is 2.32. The minimum absolute atomic E-state index is 0.184. The predicted molar refractivity (Wildman–Crippen MR) is 80.2 cm³/mol. The molecule has 0 saturated heterocycles. The number of allylic oxidation sites excluding steroid dienone is 1. The molecule has 22 heavy (non-hydrogen) atoms. The number of nitrogens with two attached hydrogens (primary N) is 1. The van der Waals surface area contributed by atoms with Crippen molar-refractivity contribution in [3.05, 3.63) is 47.5 Å². The number of unbranched alkanes of at least 4 members (excludes halogenated alkanes) is 1. The second-order valence-electron chi connectivity index (χ2n) is 5.18. The van der Waals surface area contributed by atoms with E-state index in [-0.39, 0.29) is 12.5 Å². The number of likely N-dealkylation sites (N-methyl/N-ethyl adjacent to an activating group) is 1. The summed E-state index contributed by atoms with van der Waals surface area (Å²) in [5.74, 6) is -0.389. The summed E-state index contributed by atoms with van der Waals surface area (Å²) in [5.41, 5.74) is 4.83. The summed E-state index contributed by atoms with van der Waals surface area (Å²) in [5, 5.41) is 0. The number of carbonyl (C=O) groups is 1. The van der Waals surface area contributed by atoms with E-state index in [0.29, 0.717) is 31.4 Å². The fourth-order valence-electron chi connectivity index (χ4n) is 2.13. The average Bonchev–Trinajstić information content (AvgIpc) is 2.41. The maximum Gasteiger partial charge on any atom is 0.416 e. The number of amides is 1. The zero-order valence-corrected chi connectivity index (χ0v) is 12.6. The van der Waals surface area contributed by atoms with Crippen LogP contribution in [0, 0.1) is 0 Å². The Morgan fingerprint density at radius 1 is 1.27 bits per heavy atom. The lowest BCUT2D eigenvalue weighted by atomic mass is 10.0. The van der Waals surface area contributed by atoms with E-state index in [2.05, 4.69) is 0 Å². The fraction of sp³-hybridized carbons (Fsp3) is 0.438. The molecular weight excluding hydrogens is 293 g/mol. The van der Waals surface area contributed by atoms with Gasteiger partial charge >= 0.3 is 6.18 Å². The van der Waals surface area contributed by atoms with Gasteiger partial charge in [0.2, 0.25) is 5.91 Å². The van der Waals surface area contributed by atoms with Crippen molar-refractivity contribution in [1.29, 1.82) is 0 Å². The van der Waals surface area contributed by atoms with Crippen molar-refractivity contribution in [2.75, 3.05) is 20.1 Å². The highest BCUT2D eigenvalue weighted by atomic mass is 19.4. The number of halogens is 3. The first-order chi connectivity index (χ1) is 10.3. The monoisotopic (exact) mass is 314 g/mol. The Morgan fingerprint density at radius 3 is 2.59 bits per heavy atom. The first kappa shape index (κ1) is 18.2. The Bertz CT molecular complexity index is 512. The van der Waals surface area contributed by atoms with E-state index in [1.807, 2.05) is 12.2 Å². The van der Waals surface area contributed by atoms with Crippen LogP contribution in [0.2, 0.25) is 0 Å². The number of primary amides is 1. The lowest BCUT2D eigenvalue weighted by Gasteiger charge is -2.12. The number of nitrogens with zero attached hydrogens (tertiary/aromatic N) is 1. The van der Waals surface area contributed by atoms with Crippen LogP contribution in [0.15, 0.2) is 36.4 Å². The Kier molecular flexibility index (Phi) is 7.11. The van der Waals surface area contributed by atoms with Gasteiger partial charge in [-0.25, -0.2) is 0 Å². The maximum absolute atomic E-state index is 12.8. The van der Waals surface area contributed by atoms with Crippen molar-refractivity contribution in [3.8, 4) is 0 Å². The van der Waals surface area contributed by atoms with Gasteiger partial charge in [0.05, 0.1) is 12.1 Å². The minimum atomic E-state index is -4.30. The summed E-state index contributed by atoms with van der Waals surface area (Å²) in [7, 11) is 1.77. The van der Waals surface area contributed by atoms with Crippen LogP contribution in [-0.2, 0) is 17.4 Å². The molecule has 2 N–H and O–H groups in total. The second kappa shape index (κ2) is 8.58. The molecule has 0 bridgehead atoms. The van der Waals surface area contributed by atoms with Crippen LogP contribution >= 0.6 is 0 Å². The van der Waals surface area contributed by atoms with E-state index in [0.717, 1.165) is 6.07 Å². The Balaban J connectivity index is 2.38. The van der Waals surface area contributed by atoms with Gasteiger partial charge in [0.1, 0.15) is 0 Å². The van der Waals surface area contributed by atoms with Crippen LogP contribution in [0.1, 0.15) is 24.0 Å². The Morgan fingerprint density at radius 2 is 1.95 bits per heavy atom. The molecule has 0 saturated carbocycles. The average molecular weight is 314 g/mol. The molecule has 1 aromatic carbocycles. The normalized spacial score (nSPS) is 12.2. The van der Waals surface area contributed by atoms with Crippen LogP contribution in [-0.4, -0.2) is 30.9 Å². The smallest absolute Gasteiger partial charge is 0.369 e. The molecule has 0 fully saturated rings. The summed E-state index contributed by atoms with van der Waals surface area (Å²) >= 11 is 0. The third-order valence-electron chi connectivity index (χ3n) is 3.15. The van der Waals surface area contributed by atoms with Crippen LogP contribution in [0.4, 0.5) is 13.2 Å². The molecule has 0 aromatic heterocycles. The Hall–Kier alpha value is -1.82. The third kappa shape index (κ3) is 6.76. The van der Waals surface area contributed by atoms with Crippen molar-refractivity contribution >= 4 is 5.91 Å². The van der Waals surface area contributed by atoms with Crippen molar-refractivity contribution in [3.63, 3.8) is 0 Å². The van der Waals surface area contributed by atoms with Crippen LogP contribution < -0.4 is 5.73 Å². The van der Waals surface area contributed by atoms with Gasteiger partial charge in [-0.1, -0.05) is 30.4 Å². The van der Waals surface area contributed by atoms with E-state index in [4.69, 9.17) is 5.73 Å². The van der Waals surface area contributed by atoms with Crippen molar-refractivity contribution < 1.29 is 18.0 Å². The lowest BCUT2D eigenvalue weighted by molar-refractivity contribution is -0.138. The highest BCUT2D eigenvalue weighted by molar-refractivity contribution is 5.75. The number of aryl methyl sites for hydroxylation is 1. The second-order valence-corrected chi connectivity index (χ2v) is 5.18. The zero-order chi connectivity index (χ0) is 16.6. The molecule has 0 aliphatic rings. The third-order valence-corrected chi connectivity index (χ3v) is 3.15. The number of rotatable bonds is 8. The van der Waals surface area contributed by atoms with Gasteiger partial charge in [-0.2, -0.15) is 13.2 Å². The first-order valence-electron chi connectivity index (χ1n) is 7.07. The predicted octanol–water partition coefficient (Wildman–Crippen LogP) is 3.00. The van der Waals surface area contributed by atoms with Gasteiger partial charge in [0.25, 0.3) is 0 Å². The largest absolute Gasteiger partial charge is 0.416 e. The Labute approximate surface area is 128 Å². The first-order valence-corrected chi connectivity index (χ1v) is 7.07. The van der Waals surface area contributed by atoms with Crippen LogP contribution in [0.3, 0.4) is 0 Å². The molecule has 0 atom stereocenters. The minimum Gasteiger partial charge on any atom is -0.369 e. The quantitative estimate of drug-likeness (QED) is 0.592. The van der Waals surface area contributed by atoms with Gasteiger partial charge in [-0.15, -0.1) is 0 Å². The summed E-state index contributed by atoms with van der Waals surface area (Å²) in [6.45, 7) is 0.769. The van der Waals surface area contributed by atoms with Crippen molar-refractivity contribution in [1.82, 2.24) is 4.90 Å². The van der Waals surface area contributed by atoms with Gasteiger partial charge in [0, 0.05) is 6.54 Å². The summed E-state index contributed by atoms with van der Waals surface area (Å²) in [4.78, 5) is 12.4.